The molecule has 2 atom stereocenters. The van der Waals surface area contributed by atoms with Gasteiger partial charge in [-0.3, -0.25) is 19.7 Å². The summed E-state index contributed by atoms with van der Waals surface area (Å²) in [5.41, 5.74) is -0.109. The van der Waals surface area contributed by atoms with Crippen LogP contribution in [0.15, 0.2) is 70.3 Å². The molecule has 0 aliphatic rings. The largest absolute Gasteiger partial charge is 0.480 e. The SMILES string of the molecule is CC(NC(=O)c1coc(Nc2ccccn2)n1)C(=O)NCC(NS(=O)(=O)c1ccccc1)C(=O)O. The predicted octanol–water partition coefficient (Wildman–Crippen LogP) is 0.479. The summed E-state index contributed by atoms with van der Waals surface area (Å²) in [5.74, 6) is -2.49. The van der Waals surface area contributed by atoms with Crippen LogP contribution in [0.4, 0.5) is 11.8 Å². The van der Waals surface area contributed by atoms with Crippen LogP contribution in [0.25, 0.3) is 0 Å². The van der Waals surface area contributed by atoms with Gasteiger partial charge in [-0.05, 0) is 31.2 Å². The topological polar surface area (TPSA) is 193 Å². The molecule has 0 aliphatic heterocycles. The summed E-state index contributed by atoms with van der Waals surface area (Å²) in [6.45, 7) is 0.812. The Kier molecular flexibility index (Phi) is 8.12. The van der Waals surface area contributed by atoms with E-state index >= 15 is 0 Å². The lowest BCUT2D eigenvalue weighted by Crippen LogP contribution is -2.52. The van der Waals surface area contributed by atoms with Crippen molar-refractivity contribution in [2.45, 2.75) is 23.9 Å². The van der Waals surface area contributed by atoms with Gasteiger partial charge < -0.3 is 20.2 Å². The summed E-state index contributed by atoms with van der Waals surface area (Å²) in [7, 11) is -4.13. The molecule has 3 rings (SSSR count). The molecule has 0 saturated heterocycles. The summed E-state index contributed by atoms with van der Waals surface area (Å²) in [6.07, 6.45) is 2.64. The lowest BCUT2D eigenvalue weighted by molar-refractivity contribution is -0.139. The van der Waals surface area contributed by atoms with Crippen molar-refractivity contribution in [2.24, 2.45) is 0 Å². The first-order valence-electron chi connectivity index (χ1n) is 10.2. The lowest BCUT2D eigenvalue weighted by Gasteiger charge is -2.18. The van der Waals surface area contributed by atoms with Crippen LogP contribution in [0.2, 0.25) is 0 Å². The summed E-state index contributed by atoms with van der Waals surface area (Å²) in [4.78, 5) is 44.1. The molecule has 2 unspecified atom stereocenters. The van der Waals surface area contributed by atoms with Crippen molar-refractivity contribution in [1.82, 2.24) is 25.3 Å². The molecular formula is C21H22N6O7S. The van der Waals surface area contributed by atoms with Gasteiger partial charge in [0, 0.05) is 12.7 Å². The Labute approximate surface area is 200 Å². The number of nitrogens with one attached hydrogen (secondary N) is 4. The number of sulfonamides is 1. The van der Waals surface area contributed by atoms with Crippen LogP contribution in [0, 0.1) is 0 Å². The Hall–Kier alpha value is -4.30. The number of aromatic nitrogens is 2. The van der Waals surface area contributed by atoms with E-state index in [4.69, 9.17) is 4.42 Å². The minimum absolute atomic E-state index is 0.0148. The van der Waals surface area contributed by atoms with E-state index in [1.54, 1.807) is 30.5 Å². The fourth-order valence-electron chi connectivity index (χ4n) is 2.71. The fourth-order valence-corrected chi connectivity index (χ4v) is 3.92. The number of carboxylic acids is 1. The number of carbonyl (C=O) groups excluding carboxylic acids is 2. The molecule has 0 bridgehead atoms. The van der Waals surface area contributed by atoms with Gasteiger partial charge in [-0.1, -0.05) is 24.3 Å². The van der Waals surface area contributed by atoms with Crippen molar-refractivity contribution in [2.75, 3.05) is 11.9 Å². The van der Waals surface area contributed by atoms with Crippen LogP contribution < -0.4 is 20.7 Å². The standard InChI is InChI=1S/C21H22N6O7S/c1-13(24-19(29)16-12-34-21(25-16)26-17-9-5-6-10-22-17)18(28)23-11-15(20(30)31)27-35(32,33)14-7-3-2-4-8-14/h2-10,12-13,15,27H,11H2,1H3,(H,23,28)(H,24,29)(H,30,31)(H,22,25,26). The number of hydrogen-bond acceptors (Lipinski definition) is 9. The number of aliphatic carboxylic acids is 1. The molecular weight excluding hydrogens is 480 g/mol. The third-order valence-corrected chi connectivity index (χ3v) is 5.99. The maximum absolute atomic E-state index is 12.4. The molecule has 5 N–H and O–H groups in total. The second kappa shape index (κ2) is 11.2. The number of carbonyl (C=O) groups is 3. The Balaban J connectivity index is 1.53. The first-order valence-corrected chi connectivity index (χ1v) is 11.7. The van der Waals surface area contributed by atoms with Gasteiger partial charge >= 0.3 is 12.0 Å². The number of rotatable bonds is 11. The average molecular weight is 503 g/mol. The molecule has 13 nitrogen and oxygen atoms in total. The second-order valence-electron chi connectivity index (χ2n) is 7.14. The number of carboxylic acid groups (broad SMARTS) is 1. The van der Waals surface area contributed by atoms with E-state index in [-0.39, 0.29) is 16.6 Å². The third-order valence-electron chi connectivity index (χ3n) is 4.51. The van der Waals surface area contributed by atoms with Gasteiger partial charge in [0.25, 0.3) is 5.91 Å². The number of hydrogen-bond donors (Lipinski definition) is 5. The molecule has 1 aromatic carbocycles. The van der Waals surface area contributed by atoms with Crippen molar-refractivity contribution in [1.29, 1.82) is 0 Å². The molecule has 0 fully saturated rings. The van der Waals surface area contributed by atoms with Gasteiger partial charge in [-0.15, -0.1) is 0 Å². The number of nitrogens with zero attached hydrogens (tertiary/aromatic N) is 2. The van der Waals surface area contributed by atoms with Crippen LogP contribution in [0.3, 0.4) is 0 Å². The van der Waals surface area contributed by atoms with E-state index in [0.717, 1.165) is 6.26 Å². The van der Waals surface area contributed by atoms with E-state index in [1.807, 2.05) is 4.72 Å². The van der Waals surface area contributed by atoms with Gasteiger partial charge in [0.15, 0.2) is 5.69 Å². The summed E-state index contributed by atoms with van der Waals surface area (Å²) < 4.78 is 31.9. The number of pyridine rings is 1. The van der Waals surface area contributed by atoms with Gasteiger partial charge in [0.2, 0.25) is 15.9 Å². The summed E-state index contributed by atoms with van der Waals surface area (Å²) in [5, 5.41) is 16.8. The predicted molar refractivity (Wildman–Crippen MR) is 122 cm³/mol. The maximum atomic E-state index is 12.4. The van der Waals surface area contributed by atoms with Gasteiger partial charge in [0.05, 0.1) is 4.90 Å². The van der Waals surface area contributed by atoms with Crippen LogP contribution in [-0.2, 0) is 19.6 Å². The highest BCUT2D eigenvalue weighted by Gasteiger charge is 2.27. The number of benzene rings is 1. The van der Waals surface area contributed by atoms with Gasteiger partial charge in [-0.2, -0.15) is 9.71 Å². The zero-order chi connectivity index (χ0) is 25.4. The Morgan fingerprint density at radius 1 is 1.09 bits per heavy atom. The van der Waals surface area contributed by atoms with Crippen molar-refractivity contribution >= 4 is 39.6 Å². The van der Waals surface area contributed by atoms with Crippen LogP contribution in [-0.4, -0.2) is 59.9 Å². The molecule has 35 heavy (non-hydrogen) atoms. The van der Waals surface area contributed by atoms with E-state index in [0.29, 0.717) is 5.82 Å². The van der Waals surface area contributed by atoms with Crippen LogP contribution >= 0.6 is 0 Å². The van der Waals surface area contributed by atoms with Gasteiger partial charge in [0.1, 0.15) is 24.2 Å². The molecule has 0 saturated carbocycles. The molecule has 2 heterocycles. The lowest BCUT2D eigenvalue weighted by atomic mass is 10.2. The molecule has 0 spiro atoms. The van der Waals surface area contributed by atoms with E-state index in [9.17, 15) is 27.9 Å². The van der Waals surface area contributed by atoms with Crippen LogP contribution in [0.1, 0.15) is 17.4 Å². The average Bonchev–Trinajstić information content (AvgIpc) is 3.31. The molecule has 184 valence electrons. The number of anilines is 2. The summed E-state index contributed by atoms with van der Waals surface area (Å²) >= 11 is 0. The Morgan fingerprint density at radius 2 is 1.80 bits per heavy atom. The van der Waals surface area contributed by atoms with Crippen LogP contribution in [0.5, 0.6) is 0 Å². The molecule has 0 aliphatic carbocycles. The van der Waals surface area contributed by atoms with Crippen molar-refractivity contribution in [3.63, 3.8) is 0 Å². The quantitative estimate of drug-likeness (QED) is 0.246. The Bertz CT molecular complexity index is 1280. The highest BCUT2D eigenvalue weighted by Crippen LogP contribution is 2.13. The molecule has 2 amide bonds. The number of oxazole rings is 1. The summed E-state index contributed by atoms with van der Waals surface area (Å²) in [6, 6.07) is 9.62. The van der Waals surface area contributed by atoms with Gasteiger partial charge in [-0.25, -0.2) is 13.4 Å². The highest BCUT2D eigenvalue weighted by molar-refractivity contribution is 7.89. The van der Waals surface area contributed by atoms with E-state index in [1.165, 1.54) is 31.2 Å². The zero-order valence-electron chi connectivity index (χ0n) is 18.3. The molecule has 2 aromatic heterocycles. The minimum Gasteiger partial charge on any atom is -0.480 e. The van der Waals surface area contributed by atoms with E-state index < -0.39 is 46.4 Å². The fraction of sp³-hybridized carbons (Fsp3) is 0.190. The normalized spacial score (nSPS) is 12.8. The van der Waals surface area contributed by atoms with Crippen molar-refractivity contribution < 1.29 is 32.3 Å². The zero-order valence-corrected chi connectivity index (χ0v) is 19.2. The van der Waals surface area contributed by atoms with Crippen molar-refractivity contribution in [3.8, 4) is 0 Å². The first kappa shape index (κ1) is 25.3. The van der Waals surface area contributed by atoms with Crippen molar-refractivity contribution in [3.05, 3.63) is 66.7 Å². The maximum Gasteiger partial charge on any atom is 0.323 e. The van der Waals surface area contributed by atoms with E-state index in [2.05, 4.69) is 25.9 Å². The highest BCUT2D eigenvalue weighted by atomic mass is 32.2. The third kappa shape index (κ3) is 7.09. The second-order valence-corrected chi connectivity index (χ2v) is 8.86. The Morgan fingerprint density at radius 3 is 2.46 bits per heavy atom. The minimum atomic E-state index is -4.13. The smallest absolute Gasteiger partial charge is 0.323 e. The molecule has 14 heteroatoms. The number of amides is 2. The molecule has 0 radical (unpaired) electrons. The monoisotopic (exact) mass is 502 g/mol. The molecule has 3 aromatic rings. The first-order chi connectivity index (χ1) is 16.7.